The molecule has 0 spiro atoms. The van der Waals surface area contributed by atoms with Gasteiger partial charge in [-0.25, -0.2) is 9.18 Å². The van der Waals surface area contributed by atoms with Crippen molar-refractivity contribution >= 4 is 11.7 Å². The lowest BCUT2D eigenvalue weighted by atomic mass is 10.1. The van der Waals surface area contributed by atoms with Crippen molar-refractivity contribution in [1.82, 2.24) is 0 Å². The molecule has 0 aromatic heterocycles. The second kappa shape index (κ2) is 8.44. The molecule has 30 heavy (non-hydrogen) atoms. The number of hydrogen-bond acceptors (Lipinski definition) is 3. The van der Waals surface area contributed by atoms with Crippen LogP contribution in [0.4, 0.5) is 23.2 Å². The number of carboxylic acids is 1. The first-order valence-corrected chi connectivity index (χ1v) is 8.85. The van der Waals surface area contributed by atoms with Gasteiger partial charge < -0.3 is 15.2 Å². The SMILES string of the molecule is Cc1cc(F)ccc1Oc1cc(C(F)(F)F)ccc1CNc1ccc(C(=O)O)cc1. The number of aryl methyl sites for hydroxylation is 1. The highest BCUT2D eigenvalue weighted by Crippen LogP contribution is 2.36. The van der Waals surface area contributed by atoms with Crippen molar-refractivity contribution in [2.45, 2.75) is 19.6 Å². The predicted octanol–water partition coefficient (Wildman–Crippen LogP) is 6.26. The van der Waals surface area contributed by atoms with E-state index in [1.165, 1.54) is 30.3 Å². The van der Waals surface area contributed by atoms with E-state index in [4.69, 9.17) is 9.84 Å². The first-order chi connectivity index (χ1) is 14.1. The molecule has 3 aromatic carbocycles. The molecule has 0 fully saturated rings. The van der Waals surface area contributed by atoms with Crippen molar-refractivity contribution in [3.8, 4) is 11.5 Å². The predicted molar refractivity (Wildman–Crippen MR) is 103 cm³/mol. The average molecular weight is 419 g/mol. The van der Waals surface area contributed by atoms with Gasteiger partial charge >= 0.3 is 12.1 Å². The smallest absolute Gasteiger partial charge is 0.416 e. The van der Waals surface area contributed by atoms with Crippen LogP contribution in [0.25, 0.3) is 0 Å². The molecule has 0 radical (unpaired) electrons. The summed E-state index contributed by atoms with van der Waals surface area (Å²) < 4.78 is 58.5. The molecule has 0 aliphatic rings. The average Bonchev–Trinajstić information content (AvgIpc) is 2.68. The minimum atomic E-state index is -4.55. The maximum atomic E-state index is 13.3. The molecule has 0 aliphatic carbocycles. The zero-order valence-corrected chi connectivity index (χ0v) is 15.8. The Morgan fingerprint density at radius 3 is 2.30 bits per heavy atom. The highest BCUT2D eigenvalue weighted by Gasteiger charge is 2.31. The van der Waals surface area contributed by atoms with Crippen molar-refractivity contribution in [3.63, 3.8) is 0 Å². The number of halogens is 4. The Kier molecular flexibility index (Phi) is 5.96. The van der Waals surface area contributed by atoms with Gasteiger partial charge in [-0.1, -0.05) is 6.07 Å². The molecule has 0 saturated heterocycles. The van der Waals surface area contributed by atoms with Gasteiger partial charge in [0, 0.05) is 17.8 Å². The number of anilines is 1. The Hall–Kier alpha value is -3.55. The molecule has 0 unspecified atom stereocenters. The van der Waals surface area contributed by atoms with Crippen molar-refractivity contribution in [2.75, 3.05) is 5.32 Å². The fourth-order valence-corrected chi connectivity index (χ4v) is 2.75. The van der Waals surface area contributed by atoms with E-state index in [-0.39, 0.29) is 23.6 Å². The third-order valence-electron chi connectivity index (χ3n) is 4.37. The quantitative estimate of drug-likeness (QED) is 0.464. The van der Waals surface area contributed by atoms with Crippen molar-refractivity contribution < 1.29 is 32.2 Å². The second-order valence-electron chi connectivity index (χ2n) is 6.57. The Bertz CT molecular complexity index is 1060. The minimum Gasteiger partial charge on any atom is -0.478 e. The summed E-state index contributed by atoms with van der Waals surface area (Å²) in [6.07, 6.45) is -4.55. The number of benzene rings is 3. The summed E-state index contributed by atoms with van der Waals surface area (Å²) in [5.74, 6) is -1.32. The highest BCUT2D eigenvalue weighted by atomic mass is 19.4. The summed E-state index contributed by atoms with van der Waals surface area (Å²) in [6.45, 7) is 1.72. The van der Waals surface area contributed by atoms with Gasteiger partial charge in [0.05, 0.1) is 11.1 Å². The molecule has 4 nitrogen and oxygen atoms in total. The molecule has 156 valence electrons. The lowest BCUT2D eigenvalue weighted by Crippen LogP contribution is -2.08. The Morgan fingerprint density at radius 2 is 1.70 bits per heavy atom. The van der Waals surface area contributed by atoms with Crippen molar-refractivity contribution in [2.24, 2.45) is 0 Å². The number of hydrogen-bond donors (Lipinski definition) is 2. The molecule has 0 aliphatic heterocycles. The van der Waals surface area contributed by atoms with Crippen molar-refractivity contribution in [3.05, 3.63) is 88.7 Å². The number of ether oxygens (including phenoxy) is 1. The van der Waals surface area contributed by atoms with E-state index in [0.717, 1.165) is 18.2 Å². The Morgan fingerprint density at radius 1 is 1.00 bits per heavy atom. The monoisotopic (exact) mass is 419 g/mol. The maximum Gasteiger partial charge on any atom is 0.416 e. The van der Waals surface area contributed by atoms with E-state index >= 15 is 0 Å². The van der Waals surface area contributed by atoms with Gasteiger partial charge in [0.25, 0.3) is 0 Å². The number of carbonyl (C=O) groups is 1. The number of nitrogens with one attached hydrogen (secondary N) is 1. The summed E-state index contributed by atoms with van der Waals surface area (Å²) >= 11 is 0. The zero-order chi connectivity index (χ0) is 21.9. The standard InChI is InChI=1S/C22H17F4NO3/c1-13-10-17(23)6-9-19(13)30-20-11-16(22(24,25)26)5-2-15(20)12-27-18-7-3-14(4-8-18)21(28)29/h2-11,27H,12H2,1H3,(H,28,29). The van der Waals surface area contributed by atoms with Gasteiger partial charge in [-0.05, 0) is 67.1 Å². The molecule has 8 heteroatoms. The normalized spacial score (nSPS) is 11.2. The third-order valence-corrected chi connectivity index (χ3v) is 4.37. The molecule has 0 amide bonds. The van der Waals surface area contributed by atoms with Gasteiger partial charge in [0.1, 0.15) is 17.3 Å². The number of aromatic carboxylic acids is 1. The van der Waals surface area contributed by atoms with Crippen LogP contribution in [0, 0.1) is 12.7 Å². The summed E-state index contributed by atoms with van der Waals surface area (Å²) in [5.41, 5.74) is 0.714. The largest absolute Gasteiger partial charge is 0.478 e. The number of alkyl halides is 3. The summed E-state index contributed by atoms with van der Waals surface area (Å²) in [5, 5.41) is 12.0. The molecule has 0 saturated carbocycles. The molecule has 0 atom stereocenters. The highest BCUT2D eigenvalue weighted by molar-refractivity contribution is 5.88. The maximum absolute atomic E-state index is 13.3. The molecular weight excluding hydrogens is 402 g/mol. The van der Waals surface area contributed by atoms with Gasteiger partial charge in [0.2, 0.25) is 0 Å². The van der Waals surface area contributed by atoms with Crippen LogP contribution in [0.15, 0.2) is 60.7 Å². The van der Waals surface area contributed by atoms with Crippen LogP contribution in [-0.4, -0.2) is 11.1 Å². The van der Waals surface area contributed by atoms with E-state index in [0.29, 0.717) is 16.8 Å². The molecule has 0 bridgehead atoms. The second-order valence-corrected chi connectivity index (χ2v) is 6.57. The minimum absolute atomic E-state index is 0.0193. The topological polar surface area (TPSA) is 58.6 Å². The fourth-order valence-electron chi connectivity index (χ4n) is 2.75. The van der Waals surface area contributed by atoms with E-state index in [2.05, 4.69) is 5.32 Å². The van der Waals surface area contributed by atoms with Crippen LogP contribution in [0.2, 0.25) is 0 Å². The van der Waals surface area contributed by atoms with Crippen LogP contribution in [-0.2, 0) is 12.7 Å². The van der Waals surface area contributed by atoms with E-state index < -0.39 is 23.5 Å². The van der Waals surface area contributed by atoms with Gasteiger partial charge in [-0.3, -0.25) is 0 Å². The summed E-state index contributed by atoms with van der Waals surface area (Å²) in [6, 6.07) is 12.8. The van der Waals surface area contributed by atoms with Crippen LogP contribution in [0.1, 0.15) is 27.0 Å². The first-order valence-electron chi connectivity index (χ1n) is 8.85. The fraction of sp³-hybridized carbons (Fsp3) is 0.136. The number of rotatable bonds is 6. The van der Waals surface area contributed by atoms with E-state index in [1.54, 1.807) is 19.1 Å². The molecule has 2 N–H and O–H groups in total. The van der Waals surface area contributed by atoms with Crippen LogP contribution >= 0.6 is 0 Å². The van der Waals surface area contributed by atoms with Gasteiger partial charge in [0.15, 0.2) is 0 Å². The lowest BCUT2D eigenvalue weighted by Gasteiger charge is -2.16. The Balaban J connectivity index is 1.87. The summed E-state index contributed by atoms with van der Waals surface area (Å²) in [4.78, 5) is 10.9. The third kappa shape index (κ3) is 5.08. The molecular formula is C22H17F4NO3. The van der Waals surface area contributed by atoms with Gasteiger partial charge in [-0.15, -0.1) is 0 Å². The van der Waals surface area contributed by atoms with Crippen LogP contribution < -0.4 is 10.1 Å². The molecule has 3 rings (SSSR count). The Labute approximate surface area is 169 Å². The first kappa shape index (κ1) is 21.2. The van der Waals surface area contributed by atoms with Crippen molar-refractivity contribution in [1.29, 1.82) is 0 Å². The van der Waals surface area contributed by atoms with Gasteiger partial charge in [-0.2, -0.15) is 13.2 Å². The van der Waals surface area contributed by atoms with Crippen LogP contribution in [0.3, 0.4) is 0 Å². The van der Waals surface area contributed by atoms with Crippen LogP contribution in [0.5, 0.6) is 11.5 Å². The van der Waals surface area contributed by atoms with E-state index in [9.17, 15) is 22.4 Å². The molecule has 0 heterocycles. The van der Waals surface area contributed by atoms with E-state index in [1.807, 2.05) is 0 Å². The molecule has 3 aromatic rings. The number of carboxylic acid groups (broad SMARTS) is 1. The lowest BCUT2D eigenvalue weighted by molar-refractivity contribution is -0.137. The summed E-state index contributed by atoms with van der Waals surface area (Å²) in [7, 11) is 0. The zero-order valence-electron chi connectivity index (χ0n) is 15.8.